The predicted molar refractivity (Wildman–Crippen MR) is 67.8 cm³/mol. The van der Waals surface area contributed by atoms with Crippen LogP contribution in [0.2, 0.25) is 0 Å². The smallest absolute Gasteiger partial charge is 0.122 e. The summed E-state index contributed by atoms with van der Waals surface area (Å²) in [7, 11) is 1.69. The van der Waals surface area contributed by atoms with E-state index >= 15 is 0 Å². The zero-order chi connectivity index (χ0) is 12.3. The second kappa shape index (κ2) is 5.32. The molecule has 3 nitrogen and oxygen atoms in total. The van der Waals surface area contributed by atoms with Crippen LogP contribution in [0.3, 0.4) is 0 Å². The summed E-state index contributed by atoms with van der Waals surface area (Å²) in [6.07, 6.45) is 0. The van der Waals surface area contributed by atoms with Crippen LogP contribution in [0.5, 0.6) is 5.75 Å². The Kier molecular flexibility index (Phi) is 4.33. The molecule has 1 unspecified atom stereocenters. The highest BCUT2D eigenvalue weighted by molar-refractivity contribution is 5.44. The number of rotatable bonds is 4. The first kappa shape index (κ1) is 13.0. The topological polar surface area (TPSA) is 61.3 Å². The largest absolute Gasteiger partial charge is 0.496 e. The summed E-state index contributed by atoms with van der Waals surface area (Å²) in [6, 6.07) is 4.07. The third kappa shape index (κ3) is 2.54. The summed E-state index contributed by atoms with van der Waals surface area (Å²) in [5.41, 5.74) is 15.1. The maximum Gasteiger partial charge on any atom is 0.122 e. The van der Waals surface area contributed by atoms with Gasteiger partial charge >= 0.3 is 0 Å². The fourth-order valence-corrected chi connectivity index (χ4v) is 1.89. The molecule has 0 bridgehead atoms. The summed E-state index contributed by atoms with van der Waals surface area (Å²) >= 11 is 0. The van der Waals surface area contributed by atoms with Crippen LogP contribution < -0.4 is 16.2 Å². The van der Waals surface area contributed by atoms with Crippen LogP contribution in [0.25, 0.3) is 0 Å². The molecule has 0 aliphatic heterocycles. The maximum absolute atomic E-state index is 6.03. The van der Waals surface area contributed by atoms with Crippen LogP contribution in [0, 0.1) is 6.92 Å². The Hall–Kier alpha value is -1.06. The summed E-state index contributed by atoms with van der Waals surface area (Å²) in [4.78, 5) is 0. The Morgan fingerprint density at radius 3 is 2.31 bits per heavy atom. The Morgan fingerprint density at radius 1 is 1.25 bits per heavy atom. The standard InChI is InChI=1S/C13H22N2O/c1-8(2)10-6-13(16-4)9(3)5-11(10)12(15)7-14/h5-6,8,12H,7,14-15H2,1-4H3. The van der Waals surface area contributed by atoms with Crippen LogP contribution in [0.4, 0.5) is 0 Å². The minimum Gasteiger partial charge on any atom is -0.496 e. The zero-order valence-corrected chi connectivity index (χ0v) is 10.6. The normalized spacial score (nSPS) is 12.9. The van der Waals surface area contributed by atoms with Gasteiger partial charge in [0.1, 0.15) is 5.75 Å². The summed E-state index contributed by atoms with van der Waals surface area (Å²) < 4.78 is 5.33. The summed E-state index contributed by atoms with van der Waals surface area (Å²) in [6.45, 7) is 6.79. The maximum atomic E-state index is 6.03. The molecule has 0 saturated carbocycles. The highest BCUT2D eigenvalue weighted by Gasteiger charge is 2.15. The van der Waals surface area contributed by atoms with E-state index in [1.807, 2.05) is 6.92 Å². The van der Waals surface area contributed by atoms with E-state index < -0.39 is 0 Å². The van der Waals surface area contributed by atoms with Gasteiger partial charge in [0, 0.05) is 12.6 Å². The van der Waals surface area contributed by atoms with Crippen LogP contribution in [0.15, 0.2) is 12.1 Å². The third-order valence-electron chi connectivity index (χ3n) is 2.88. The number of ether oxygens (including phenoxy) is 1. The lowest BCUT2D eigenvalue weighted by Crippen LogP contribution is -2.22. The first-order valence-corrected chi connectivity index (χ1v) is 5.65. The Balaban J connectivity index is 3.30. The van der Waals surface area contributed by atoms with Crippen LogP contribution in [0.1, 0.15) is 42.5 Å². The lowest BCUT2D eigenvalue weighted by Gasteiger charge is -2.20. The van der Waals surface area contributed by atoms with E-state index in [9.17, 15) is 0 Å². The molecule has 90 valence electrons. The Bertz CT molecular complexity index is 361. The molecule has 1 aromatic carbocycles. The van der Waals surface area contributed by atoms with Gasteiger partial charge in [-0.15, -0.1) is 0 Å². The van der Waals surface area contributed by atoms with Crippen molar-refractivity contribution in [3.8, 4) is 5.75 Å². The molecule has 0 fully saturated rings. The second-order valence-electron chi connectivity index (χ2n) is 4.45. The average molecular weight is 222 g/mol. The van der Waals surface area contributed by atoms with E-state index in [-0.39, 0.29) is 6.04 Å². The number of aryl methyl sites for hydroxylation is 1. The van der Waals surface area contributed by atoms with Crippen molar-refractivity contribution < 1.29 is 4.74 Å². The Morgan fingerprint density at radius 2 is 1.88 bits per heavy atom. The molecule has 1 rings (SSSR count). The number of methoxy groups -OCH3 is 1. The minimum atomic E-state index is -0.0954. The fourth-order valence-electron chi connectivity index (χ4n) is 1.89. The molecule has 0 aliphatic carbocycles. The third-order valence-corrected chi connectivity index (χ3v) is 2.88. The summed E-state index contributed by atoms with van der Waals surface area (Å²) in [5.74, 6) is 1.33. The van der Waals surface area contributed by atoms with E-state index in [0.29, 0.717) is 12.5 Å². The number of hydrogen-bond donors (Lipinski definition) is 2. The fraction of sp³-hybridized carbons (Fsp3) is 0.538. The quantitative estimate of drug-likeness (QED) is 0.820. The van der Waals surface area contributed by atoms with E-state index in [1.54, 1.807) is 7.11 Å². The van der Waals surface area contributed by atoms with E-state index in [0.717, 1.165) is 16.9 Å². The van der Waals surface area contributed by atoms with Gasteiger partial charge in [0.15, 0.2) is 0 Å². The molecule has 0 spiro atoms. The highest BCUT2D eigenvalue weighted by atomic mass is 16.5. The first-order valence-electron chi connectivity index (χ1n) is 5.65. The molecule has 0 saturated heterocycles. The molecular formula is C13H22N2O. The SMILES string of the molecule is COc1cc(C(C)C)c(C(N)CN)cc1C. The van der Waals surface area contributed by atoms with Crippen molar-refractivity contribution in [1.29, 1.82) is 0 Å². The van der Waals surface area contributed by atoms with E-state index in [2.05, 4.69) is 26.0 Å². The van der Waals surface area contributed by atoms with Gasteiger partial charge in [0.25, 0.3) is 0 Å². The van der Waals surface area contributed by atoms with Crippen molar-refractivity contribution >= 4 is 0 Å². The minimum absolute atomic E-state index is 0.0954. The number of hydrogen-bond acceptors (Lipinski definition) is 3. The molecule has 0 heterocycles. The van der Waals surface area contributed by atoms with Gasteiger partial charge in [-0.1, -0.05) is 19.9 Å². The van der Waals surface area contributed by atoms with Crippen molar-refractivity contribution in [3.05, 3.63) is 28.8 Å². The molecule has 0 radical (unpaired) electrons. The van der Waals surface area contributed by atoms with Crippen LogP contribution in [-0.2, 0) is 0 Å². The average Bonchev–Trinajstić information content (AvgIpc) is 2.27. The van der Waals surface area contributed by atoms with Crippen molar-refractivity contribution in [2.45, 2.75) is 32.7 Å². The van der Waals surface area contributed by atoms with Gasteiger partial charge in [0.05, 0.1) is 7.11 Å². The molecular weight excluding hydrogens is 200 g/mol. The zero-order valence-electron chi connectivity index (χ0n) is 10.6. The van der Waals surface area contributed by atoms with Gasteiger partial charge in [-0.3, -0.25) is 0 Å². The van der Waals surface area contributed by atoms with E-state index in [1.165, 1.54) is 5.56 Å². The molecule has 3 heteroatoms. The van der Waals surface area contributed by atoms with Gasteiger partial charge in [0.2, 0.25) is 0 Å². The van der Waals surface area contributed by atoms with Crippen LogP contribution in [-0.4, -0.2) is 13.7 Å². The molecule has 0 aliphatic rings. The molecule has 4 N–H and O–H groups in total. The molecule has 0 amide bonds. The predicted octanol–water partition coefficient (Wildman–Crippen LogP) is 2.09. The van der Waals surface area contributed by atoms with Gasteiger partial charge in [-0.2, -0.15) is 0 Å². The molecule has 1 atom stereocenters. The van der Waals surface area contributed by atoms with Crippen molar-refractivity contribution in [3.63, 3.8) is 0 Å². The first-order chi connectivity index (χ1) is 7.51. The van der Waals surface area contributed by atoms with Crippen LogP contribution >= 0.6 is 0 Å². The highest BCUT2D eigenvalue weighted by Crippen LogP contribution is 2.30. The molecule has 0 aromatic heterocycles. The van der Waals surface area contributed by atoms with Crippen molar-refractivity contribution in [2.24, 2.45) is 11.5 Å². The lowest BCUT2D eigenvalue weighted by molar-refractivity contribution is 0.410. The van der Waals surface area contributed by atoms with Gasteiger partial charge < -0.3 is 16.2 Å². The second-order valence-corrected chi connectivity index (χ2v) is 4.45. The molecule has 16 heavy (non-hydrogen) atoms. The van der Waals surface area contributed by atoms with Gasteiger partial charge in [-0.05, 0) is 35.6 Å². The number of benzene rings is 1. The lowest BCUT2D eigenvalue weighted by atomic mass is 9.91. The monoisotopic (exact) mass is 222 g/mol. The Labute approximate surface area is 97.8 Å². The van der Waals surface area contributed by atoms with E-state index in [4.69, 9.17) is 16.2 Å². The summed E-state index contributed by atoms with van der Waals surface area (Å²) in [5, 5.41) is 0. The van der Waals surface area contributed by atoms with Crippen molar-refractivity contribution in [1.82, 2.24) is 0 Å². The molecule has 1 aromatic rings. The number of nitrogens with two attached hydrogens (primary N) is 2. The van der Waals surface area contributed by atoms with Crippen molar-refractivity contribution in [2.75, 3.05) is 13.7 Å². The van der Waals surface area contributed by atoms with Gasteiger partial charge in [-0.25, -0.2) is 0 Å².